The minimum atomic E-state index is -0.512. The molecule has 0 saturated carbocycles. The Morgan fingerprint density at radius 2 is 1.73 bits per heavy atom. The molecule has 1 aliphatic heterocycles. The standard InChI is InChI=1S/C22H20N4O3S/c27-20(11-12-21(28)26-13-14-30-19-8-4-3-7-18(19)26)24-25-22(29)17-10-9-15-5-1-2-6-16(15)23-17/h1-10H,11-14H2,(H,24,27)(H,25,29). The van der Waals surface area contributed by atoms with Crippen molar-refractivity contribution in [2.24, 2.45) is 0 Å². The molecule has 0 saturated heterocycles. The Morgan fingerprint density at radius 1 is 0.933 bits per heavy atom. The zero-order valence-corrected chi connectivity index (χ0v) is 16.9. The monoisotopic (exact) mass is 420 g/mol. The van der Waals surface area contributed by atoms with Crippen LogP contribution in [0, 0.1) is 0 Å². The van der Waals surface area contributed by atoms with Gasteiger partial charge < -0.3 is 4.90 Å². The van der Waals surface area contributed by atoms with Crippen molar-refractivity contribution in [1.29, 1.82) is 0 Å². The number of amides is 3. The van der Waals surface area contributed by atoms with Crippen molar-refractivity contribution >= 4 is 46.1 Å². The molecule has 0 aliphatic carbocycles. The van der Waals surface area contributed by atoms with Crippen molar-refractivity contribution in [3.63, 3.8) is 0 Å². The molecule has 0 radical (unpaired) electrons. The first-order valence-corrected chi connectivity index (χ1v) is 10.6. The van der Waals surface area contributed by atoms with Gasteiger partial charge in [-0.15, -0.1) is 11.8 Å². The highest BCUT2D eigenvalue weighted by atomic mass is 32.2. The number of pyridine rings is 1. The topological polar surface area (TPSA) is 91.4 Å². The normalized spacial score (nSPS) is 12.9. The van der Waals surface area contributed by atoms with Crippen molar-refractivity contribution in [3.05, 3.63) is 66.4 Å². The molecule has 8 heteroatoms. The zero-order chi connectivity index (χ0) is 20.9. The van der Waals surface area contributed by atoms with Crippen molar-refractivity contribution in [1.82, 2.24) is 15.8 Å². The summed E-state index contributed by atoms with van der Waals surface area (Å²) < 4.78 is 0. The average molecular weight is 420 g/mol. The quantitative estimate of drug-likeness (QED) is 0.634. The van der Waals surface area contributed by atoms with Crippen molar-refractivity contribution in [2.45, 2.75) is 17.7 Å². The fourth-order valence-electron chi connectivity index (χ4n) is 3.23. The van der Waals surface area contributed by atoms with Gasteiger partial charge in [0.2, 0.25) is 11.8 Å². The van der Waals surface area contributed by atoms with Gasteiger partial charge in [-0.3, -0.25) is 25.2 Å². The first-order valence-electron chi connectivity index (χ1n) is 9.59. The number of nitrogens with zero attached hydrogens (tertiary/aromatic N) is 2. The van der Waals surface area contributed by atoms with Crippen LogP contribution in [0.3, 0.4) is 0 Å². The number of carbonyl (C=O) groups excluding carboxylic acids is 3. The van der Waals surface area contributed by atoms with E-state index in [1.54, 1.807) is 28.8 Å². The van der Waals surface area contributed by atoms with Crippen LogP contribution in [-0.2, 0) is 9.59 Å². The smallest absolute Gasteiger partial charge is 0.288 e. The molecular formula is C22H20N4O3S. The van der Waals surface area contributed by atoms with Gasteiger partial charge in [0.15, 0.2) is 0 Å². The van der Waals surface area contributed by atoms with E-state index in [4.69, 9.17) is 0 Å². The van der Waals surface area contributed by atoms with Gasteiger partial charge in [0.1, 0.15) is 5.69 Å². The maximum absolute atomic E-state index is 12.6. The van der Waals surface area contributed by atoms with Gasteiger partial charge >= 0.3 is 0 Å². The highest BCUT2D eigenvalue weighted by molar-refractivity contribution is 7.99. The molecule has 7 nitrogen and oxygen atoms in total. The Labute approximate surface area is 177 Å². The number of anilines is 1. The molecule has 0 spiro atoms. The first kappa shape index (κ1) is 19.9. The van der Waals surface area contributed by atoms with E-state index in [1.165, 1.54) is 0 Å². The fraction of sp³-hybridized carbons (Fsp3) is 0.182. The van der Waals surface area contributed by atoms with Crippen LogP contribution in [0.15, 0.2) is 65.6 Å². The van der Waals surface area contributed by atoms with Crippen LogP contribution >= 0.6 is 11.8 Å². The number of aromatic nitrogens is 1. The van der Waals surface area contributed by atoms with Gasteiger partial charge in [0.05, 0.1) is 11.2 Å². The third-order valence-electron chi connectivity index (χ3n) is 4.74. The Bertz CT molecular complexity index is 1120. The summed E-state index contributed by atoms with van der Waals surface area (Å²) in [5.41, 5.74) is 6.49. The van der Waals surface area contributed by atoms with Crippen LogP contribution in [0.25, 0.3) is 10.9 Å². The molecule has 30 heavy (non-hydrogen) atoms. The van der Waals surface area contributed by atoms with E-state index in [0.29, 0.717) is 12.1 Å². The van der Waals surface area contributed by atoms with E-state index in [-0.39, 0.29) is 24.4 Å². The summed E-state index contributed by atoms with van der Waals surface area (Å²) >= 11 is 1.72. The third-order valence-corrected chi connectivity index (χ3v) is 5.78. The number of thioether (sulfide) groups is 1. The van der Waals surface area contributed by atoms with Crippen LogP contribution in [0.1, 0.15) is 23.3 Å². The van der Waals surface area contributed by atoms with E-state index < -0.39 is 11.8 Å². The van der Waals surface area contributed by atoms with E-state index in [9.17, 15) is 14.4 Å². The summed E-state index contributed by atoms with van der Waals surface area (Å²) in [6, 6.07) is 18.6. The number of carbonyl (C=O) groups is 3. The molecule has 0 unspecified atom stereocenters. The number of hydrazine groups is 1. The molecule has 1 aliphatic rings. The molecule has 2 heterocycles. The molecule has 0 atom stereocenters. The first-order chi connectivity index (χ1) is 14.6. The van der Waals surface area contributed by atoms with Gasteiger partial charge in [-0.1, -0.05) is 36.4 Å². The van der Waals surface area contributed by atoms with Crippen LogP contribution in [0.2, 0.25) is 0 Å². The summed E-state index contributed by atoms with van der Waals surface area (Å²) in [5.74, 6) is -0.232. The molecule has 2 N–H and O–H groups in total. The lowest BCUT2D eigenvalue weighted by atomic mass is 10.2. The number of fused-ring (bicyclic) bond motifs is 2. The Balaban J connectivity index is 1.29. The number of hydrogen-bond donors (Lipinski definition) is 2. The SMILES string of the molecule is O=C(CCC(=O)N1CCSc2ccccc21)NNC(=O)c1ccc2ccccc2n1. The van der Waals surface area contributed by atoms with E-state index in [0.717, 1.165) is 21.7 Å². The van der Waals surface area contributed by atoms with E-state index in [1.807, 2.05) is 48.5 Å². The molecule has 4 rings (SSSR count). The van der Waals surface area contributed by atoms with Gasteiger partial charge in [0, 0.05) is 35.4 Å². The summed E-state index contributed by atoms with van der Waals surface area (Å²) in [5, 5.41) is 0.925. The number of nitrogens with one attached hydrogen (secondary N) is 2. The molecule has 0 fully saturated rings. The Hall–Kier alpha value is -3.39. The van der Waals surface area contributed by atoms with Crippen molar-refractivity contribution in [3.8, 4) is 0 Å². The molecular weight excluding hydrogens is 400 g/mol. The summed E-state index contributed by atoms with van der Waals surface area (Å²) in [6.45, 7) is 0.618. The molecule has 0 bridgehead atoms. The van der Waals surface area contributed by atoms with Crippen LogP contribution in [0.4, 0.5) is 5.69 Å². The van der Waals surface area contributed by atoms with Crippen molar-refractivity contribution in [2.75, 3.05) is 17.2 Å². The average Bonchev–Trinajstić information content (AvgIpc) is 2.80. The predicted molar refractivity (Wildman–Crippen MR) is 116 cm³/mol. The number of hydrogen-bond acceptors (Lipinski definition) is 5. The van der Waals surface area contributed by atoms with Gasteiger partial charge in [-0.25, -0.2) is 4.98 Å². The second-order valence-electron chi connectivity index (χ2n) is 6.75. The molecule has 1 aromatic heterocycles. The fourth-order valence-corrected chi connectivity index (χ4v) is 4.22. The zero-order valence-electron chi connectivity index (χ0n) is 16.1. The third kappa shape index (κ3) is 4.44. The van der Waals surface area contributed by atoms with Gasteiger partial charge in [0.25, 0.3) is 5.91 Å². The highest BCUT2D eigenvalue weighted by Gasteiger charge is 2.23. The summed E-state index contributed by atoms with van der Waals surface area (Å²) in [7, 11) is 0. The summed E-state index contributed by atoms with van der Waals surface area (Å²) in [4.78, 5) is 44.0. The van der Waals surface area contributed by atoms with Crippen LogP contribution in [0.5, 0.6) is 0 Å². The predicted octanol–water partition coefficient (Wildman–Crippen LogP) is 2.91. The largest absolute Gasteiger partial charge is 0.310 e. The Morgan fingerprint density at radius 3 is 2.63 bits per heavy atom. The lowest BCUT2D eigenvalue weighted by Gasteiger charge is -2.29. The van der Waals surface area contributed by atoms with E-state index in [2.05, 4.69) is 15.8 Å². The number of rotatable bonds is 4. The minimum absolute atomic E-state index is 0.0178. The minimum Gasteiger partial charge on any atom is -0.310 e. The van der Waals surface area contributed by atoms with Gasteiger partial charge in [-0.2, -0.15) is 0 Å². The van der Waals surface area contributed by atoms with Crippen LogP contribution in [-0.4, -0.2) is 35.0 Å². The second-order valence-corrected chi connectivity index (χ2v) is 7.89. The van der Waals surface area contributed by atoms with Gasteiger partial charge in [-0.05, 0) is 24.3 Å². The maximum Gasteiger partial charge on any atom is 0.288 e. The lowest BCUT2D eigenvalue weighted by Crippen LogP contribution is -2.42. The molecule has 3 amide bonds. The number of para-hydroxylation sites is 2. The number of benzene rings is 2. The Kier molecular flexibility index (Phi) is 5.94. The molecule has 152 valence electrons. The van der Waals surface area contributed by atoms with Crippen molar-refractivity contribution < 1.29 is 14.4 Å². The highest BCUT2D eigenvalue weighted by Crippen LogP contribution is 2.34. The lowest BCUT2D eigenvalue weighted by molar-refractivity contribution is -0.125. The van der Waals surface area contributed by atoms with E-state index >= 15 is 0 Å². The maximum atomic E-state index is 12.6. The van der Waals surface area contributed by atoms with Crippen LogP contribution < -0.4 is 15.8 Å². The second kappa shape index (κ2) is 8.96. The molecule has 3 aromatic rings. The molecule has 2 aromatic carbocycles. The summed E-state index contributed by atoms with van der Waals surface area (Å²) in [6.07, 6.45) is 0.0466.